The van der Waals surface area contributed by atoms with Crippen molar-refractivity contribution in [2.75, 3.05) is 11.4 Å². The maximum atomic E-state index is 13.7. The Morgan fingerprint density at radius 2 is 2.00 bits per heavy atom. The molecule has 0 N–H and O–H groups in total. The fraction of sp³-hybridized carbons (Fsp3) is 0.562. The molecule has 19 heavy (non-hydrogen) atoms. The van der Waals surface area contributed by atoms with Crippen molar-refractivity contribution in [2.45, 2.75) is 52.5 Å². The second-order valence-corrected chi connectivity index (χ2v) is 5.40. The molecule has 1 fully saturated rings. The lowest BCUT2D eigenvalue weighted by atomic mass is 10.0. The summed E-state index contributed by atoms with van der Waals surface area (Å²) >= 11 is 0. The van der Waals surface area contributed by atoms with Gasteiger partial charge in [-0.1, -0.05) is 12.8 Å². The molecule has 3 heteroatoms. The van der Waals surface area contributed by atoms with Crippen LogP contribution >= 0.6 is 0 Å². The van der Waals surface area contributed by atoms with Crippen molar-refractivity contribution >= 4 is 11.5 Å². The summed E-state index contributed by atoms with van der Waals surface area (Å²) < 4.78 is 13.7. The van der Waals surface area contributed by atoms with Gasteiger partial charge in [-0.2, -0.15) is 0 Å². The van der Waals surface area contributed by atoms with Crippen LogP contribution in [-0.4, -0.2) is 18.4 Å². The monoisotopic (exact) mass is 263 g/mol. The summed E-state index contributed by atoms with van der Waals surface area (Å²) in [4.78, 5) is 14.0. The van der Waals surface area contributed by atoms with Crippen molar-refractivity contribution < 1.29 is 9.18 Å². The first-order chi connectivity index (χ1) is 9.04. The number of rotatable bonds is 4. The molecule has 104 valence electrons. The lowest BCUT2D eigenvalue weighted by Gasteiger charge is -2.31. The number of benzene rings is 1. The van der Waals surface area contributed by atoms with E-state index in [1.54, 1.807) is 6.92 Å². The van der Waals surface area contributed by atoms with Crippen molar-refractivity contribution in [3.05, 3.63) is 29.1 Å². The van der Waals surface area contributed by atoms with Crippen LogP contribution in [0.5, 0.6) is 0 Å². The first-order valence-corrected chi connectivity index (χ1v) is 7.12. The Bertz CT molecular complexity index is 478. The van der Waals surface area contributed by atoms with Crippen molar-refractivity contribution in [1.82, 2.24) is 0 Å². The van der Waals surface area contributed by atoms with E-state index < -0.39 is 0 Å². The number of Topliss-reactive ketones (excluding diaryl/α,β-unsaturated/α-hetero) is 1. The Hall–Kier alpha value is -1.38. The largest absolute Gasteiger partial charge is 0.368 e. The molecule has 1 aromatic carbocycles. The van der Waals surface area contributed by atoms with Crippen molar-refractivity contribution in [3.63, 3.8) is 0 Å². The number of anilines is 1. The molecule has 0 atom stereocenters. The van der Waals surface area contributed by atoms with Crippen LogP contribution in [0.3, 0.4) is 0 Å². The van der Waals surface area contributed by atoms with Gasteiger partial charge in [-0.15, -0.1) is 0 Å². The van der Waals surface area contributed by atoms with Gasteiger partial charge in [-0.3, -0.25) is 4.79 Å². The lowest BCUT2D eigenvalue weighted by Crippen LogP contribution is -2.34. The molecule has 0 saturated heterocycles. The minimum Gasteiger partial charge on any atom is -0.368 e. The van der Waals surface area contributed by atoms with Crippen molar-refractivity contribution in [2.24, 2.45) is 0 Å². The van der Waals surface area contributed by atoms with Crippen LogP contribution in [0, 0.1) is 12.7 Å². The number of halogens is 1. The van der Waals surface area contributed by atoms with Crippen LogP contribution in [-0.2, 0) is 0 Å². The average molecular weight is 263 g/mol. The number of hydrogen-bond donors (Lipinski definition) is 0. The summed E-state index contributed by atoms with van der Waals surface area (Å²) in [6.45, 7) is 6.22. The predicted octanol–water partition coefficient (Wildman–Crippen LogP) is 4.11. The smallest absolute Gasteiger partial charge is 0.161 e. The molecular formula is C16H22FNO. The number of nitrogens with zero attached hydrogens (tertiary/aromatic N) is 1. The van der Waals surface area contributed by atoms with E-state index in [4.69, 9.17) is 0 Å². The molecule has 0 unspecified atom stereocenters. The van der Waals surface area contributed by atoms with E-state index in [9.17, 15) is 9.18 Å². The average Bonchev–Trinajstić information content (AvgIpc) is 2.87. The molecule has 1 aliphatic rings. The third kappa shape index (κ3) is 2.80. The predicted molar refractivity (Wildman–Crippen MR) is 76.4 cm³/mol. The maximum absolute atomic E-state index is 13.7. The van der Waals surface area contributed by atoms with Gasteiger partial charge in [0.05, 0.1) is 0 Å². The molecule has 0 aliphatic heterocycles. The number of aryl methyl sites for hydroxylation is 1. The van der Waals surface area contributed by atoms with Crippen LogP contribution in [0.15, 0.2) is 12.1 Å². The van der Waals surface area contributed by atoms with E-state index in [1.807, 2.05) is 6.07 Å². The van der Waals surface area contributed by atoms with E-state index in [0.29, 0.717) is 17.2 Å². The van der Waals surface area contributed by atoms with Crippen LogP contribution < -0.4 is 4.90 Å². The zero-order valence-corrected chi connectivity index (χ0v) is 12.0. The Morgan fingerprint density at radius 1 is 1.37 bits per heavy atom. The van der Waals surface area contributed by atoms with E-state index in [-0.39, 0.29) is 11.6 Å². The summed E-state index contributed by atoms with van der Waals surface area (Å²) in [6.07, 6.45) is 4.83. The SMILES string of the molecule is CCN(c1cc(C)c(F)cc1C(C)=O)C1CCCC1. The van der Waals surface area contributed by atoms with Crippen molar-refractivity contribution in [1.29, 1.82) is 0 Å². The molecule has 2 rings (SSSR count). The zero-order valence-electron chi connectivity index (χ0n) is 12.0. The quantitative estimate of drug-likeness (QED) is 0.762. The first kappa shape index (κ1) is 14.0. The van der Waals surface area contributed by atoms with Crippen LogP contribution in [0.25, 0.3) is 0 Å². The molecule has 0 bridgehead atoms. The molecule has 0 amide bonds. The highest BCUT2D eigenvalue weighted by molar-refractivity contribution is 6.00. The normalized spacial score (nSPS) is 15.8. The summed E-state index contributed by atoms with van der Waals surface area (Å²) in [5, 5.41) is 0. The minimum atomic E-state index is -0.295. The lowest BCUT2D eigenvalue weighted by molar-refractivity contribution is 0.101. The maximum Gasteiger partial charge on any atom is 0.161 e. The number of hydrogen-bond acceptors (Lipinski definition) is 2. The van der Waals surface area contributed by atoms with Gasteiger partial charge in [-0.05, 0) is 51.3 Å². The van der Waals surface area contributed by atoms with Crippen LogP contribution in [0.2, 0.25) is 0 Å². The molecule has 0 spiro atoms. The topological polar surface area (TPSA) is 20.3 Å². The third-order valence-corrected chi connectivity index (χ3v) is 4.07. The number of carbonyl (C=O) groups is 1. The van der Waals surface area contributed by atoms with Gasteiger partial charge >= 0.3 is 0 Å². The molecule has 0 heterocycles. The second-order valence-electron chi connectivity index (χ2n) is 5.40. The Balaban J connectivity index is 2.45. The molecule has 1 aromatic rings. The van der Waals surface area contributed by atoms with Gasteiger partial charge in [-0.25, -0.2) is 4.39 Å². The highest BCUT2D eigenvalue weighted by Crippen LogP contribution is 2.32. The highest BCUT2D eigenvalue weighted by Gasteiger charge is 2.25. The molecular weight excluding hydrogens is 241 g/mol. The highest BCUT2D eigenvalue weighted by atomic mass is 19.1. The van der Waals surface area contributed by atoms with E-state index in [2.05, 4.69) is 11.8 Å². The Kier molecular flexibility index (Phi) is 4.23. The zero-order chi connectivity index (χ0) is 14.0. The number of ketones is 1. The molecule has 2 nitrogen and oxygen atoms in total. The molecule has 1 saturated carbocycles. The molecule has 0 radical (unpaired) electrons. The fourth-order valence-corrected chi connectivity index (χ4v) is 3.03. The van der Waals surface area contributed by atoms with E-state index >= 15 is 0 Å². The standard InChI is InChI=1S/C16H22FNO/c1-4-18(13-7-5-6-8-13)16-9-11(2)15(17)10-14(16)12(3)19/h9-10,13H,4-8H2,1-3H3. The summed E-state index contributed by atoms with van der Waals surface area (Å²) in [5.41, 5.74) is 2.02. The van der Waals surface area contributed by atoms with E-state index in [1.165, 1.54) is 38.7 Å². The van der Waals surface area contributed by atoms with Crippen molar-refractivity contribution in [3.8, 4) is 0 Å². The molecule has 0 aromatic heterocycles. The van der Waals surface area contributed by atoms with Gasteiger partial charge < -0.3 is 4.90 Å². The summed E-state index contributed by atoms with van der Waals surface area (Å²) in [5.74, 6) is -0.359. The third-order valence-electron chi connectivity index (χ3n) is 4.07. The minimum absolute atomic E-state index is 0.0645. The second kappa shape index (κ2) is 5.72. The van der Waals surface area contributed by atoms with Gasteiger partial charge in [0.2, 0.25) is 0 Å². The van der Waals surface area contributed by atoms with E-state index in [0.717, 1.165) is 12.2 Å². The summed E-state index contributed by atoms with van der Waals surface area (Å²) in [7, 11) is 0. The van der Waals surface area contributed by atoms with Gasteiger partial charge in [0, 0.05) is 23.8 Å². The van der Waals surface area contributed by atoms with Gasteiger partial charge in [0.25, 0.3) is 0 Å². The fourth-order valence-electron chi connectivity index (χ4n) is 3.03. The summed E-state index contributed by atoms with van der Waals surface area (Å²) in [6, 6.07) is 3.71. The molecule has 1 aliphatic carbocycles. The van der Waals surface area contributed by atoms with Gasteiger partial charge in [0.15, 0.2) is 5.78 Å². The van der Waals surface area contributed by atoms with Crippen LogP contribution in [0.4, 0.5) is 10.1 Å². The van der Waals surface area contributed by atoms with Crippen LogP contribution in [0.1, 0.15) is 55.5 Å². The first-order valence-electron chi connectivity index (χ1n) is 7.12. The number of carbonyl (C=O) groups excluding carboxylic acids is 1. The van der Waals surface area contributed by atoms with Gasteiger partial charge in [0.1, 0.15) is 5.82 Å². The Labute approximate surface area is 114 Å². The Morgan fingerprint density at radius 3 is 2.53 bits per heavy atom.